The Bertz CT molecular complexity index is 685. The Morgan fingerprint density at radius 2 is 1.93 bits per heavy atom. The van der Waals surface area contributed by atoms with E-state index in [4.69, 9.17) is 9.31 Å². The second-order valence-corrected chi connectivity index (χ2v) is 10.2. The predicted octanol–water partition coefficient (Wildman–Crippen LogP) is 3.72. The van der Waals surface area contributed by atoms with Crippen molar-refractivity contribution in [2.24, 2.45) is 11.3 Å². The Morgan fingerprint density at radius 3 is 2.50 bits per heavy atom. The van der Waals surface area contributed by atoms with Crippen LogP contribution in [0.25, 0.3) is 0 Å². The normalized spacial score (nSPS) is 20.4. The van der Waals surface area contributed by atoms with Crippen molar-refractivity contribution in [2.45, 2.75) is 46.6 Å². The fourth-order valence-corrected chi connectivity index (χ4v) is 4.88. The lowest BCUT2D eigenvalue weighted by Crippen LogP contribution is -2.47. The Kier molecular flexibility index (Phi) is 6.94. The summed E-state index contributed by atoms with van der Waals surface area (Å²) in [5.41, 5.74) is 1.55. The first-order valence-corrected chi connectivity index (χ1v) is 11.3. The quantitative estimate of drug-likeness (QED) is 0.408. The summed E-state index contributed by atoms with van der Waals surface area (Å²) in [5, 5.41) is 11.9. The van der Waals surface area contributed by atoms with Crippen molar-refractivity contribution in [3.05, 3.63) is 28.3 Å². The highest BCUT2D eigenvalue weighted by atomic mass is 32.2. The second kappa shape index (κ2) is 9.05. The zero-order valence-electron chi connectivity index (χ0n) is 17.3. The first-order valence-electron chi connectivity index (χ1n) is 10.1. The van der Waals surface area contributed by atoms with E-state index in [9.17, 15) is 10.1 Å². The highest BCUT2D eigenvalue weighted by Crippen LogP contribution is 2.34. The molecule has 0 saturated carbocycles. The van der Waals surface area contributed by atoms with Crippen LogP contribution in [0.4, 0.5) is 11.4 Å². The number of hydrogen-bond donors (Lipinski definition) is 0. The molecule has 0 unspecified atom stereocenters. The number of thioether (sulfide) groups is 1. The first kappa shape index (κ1) is 21.5. The summed E-state index contributed by atoms with van der Waals surface area (Å²) in [6.07, 6.45) is 2.14. The van der Waals surface area contributed by atoms with Crippen LogP contribution in [0.1, 0.15) is 40.5 Å². The zero-order valence-corrected chi connectivity index (χ0v) is 18.2. The molecular formula is C20H31BN2O4S. The molecule has 0 bridgehead atoms. The molecule has 2 fully saturated rings. The van der Waals surface area contributed by atoms with Gasteiger partial charge in [-0.15, -0.1) is 0 Å². The first-order chi connectivity index (χ1) is 13.3. The van der Waals surface area contributed by atoms with Gasteiger partial charge in [0.1, 0.15) is 5.69 Å². The van der Waals surface area contributed by atoms with Gasteiger partial charge in [0.15, 0.2) is 0 Å². The molecule has 0 aromatic heterocycles. The van der Waals surface area contributed by atoms with Crippen LogP contribution < -0.4 is 10.4 Å². The molecule has 0 N–H and O–H groups in total. The van der Waals surface area contributed by atoms with E-state index in [0.29, 0.717) is 25.2 Å². The lowest BCUT2D eigenvalue weighted by molar-refractivity contribution is -0.384. The highest BCUT2D eigenvalue weighted by Gasteiger charge is 2.35. The van der Waals surface area contributed by atoms with E-state index in [1.807, 2.05) is 23.9 Å². The highest BCUT2D eigenvalue weighted by molar-refractivity contribution is 7.99. The van der Waals surface area contributed by atoms with Crippen molar-refractivity contribution in [1.29, 1.82) is 0 Å². The van der Waals surface area contributed by atoms with E-state index in [0.717, 1.165) is 42.0 Å². The summed E-state index contributed by atoms with van der Waals surface area (Å²) >= 11 is 1.97. The van der Waals surface area contributed by atoms with Crippen LogP contribution >= 0.6 is 11.8 Å². The molecule has 2 aliphatic heterocycles. The van der Waals surface area contributed by atoms with Crippen LogP contribution in [0.2, 0.25) is 0 Å². The van der Waals surface area contributed by atoms with Gasteiger partial charge in [-0.2, -0.15) is 11.8 Å². The van der Waals surface area contributed by atoms with Gasteiger partial charge in [0, 0.05) is 37.3 Å². The van der Waals surface area contributed by atoms with Gasteiger partial charge < -0.3 is 14.2 Å². The summed E-state index contributed by atoms with van der Waals surface area (Å²) in [6.45, 7) is 10.5. The SMILES string of the molecule is CC(C)CN(c1ccc(B2OCC(C)(C)CO2)cc1[N+](=O)[O-])C1CCSCC1. The third-order valence-corrected chi connectivity index (χ3v) is 6.27. The molecule has 2 aliphatic rings. The van der Waals surface area contributed by atoms with E-state index in [1.165, 1.54) is 0 Å². The van der Waals surface area contributed by atoms with Crippen LogP contribution in [-0.2, 0) is 9.31 Å². The van der Waals surface area contributed by atoms with E-state index in [2.05, 4.69) is 32.6 Å². The van der Waals surface area contributed by atoms with Gasteiger partial charge in [-0.3, -0.25) is 10.1 Å². The van der Waals surface area contributed by atoms with E-state index in [-0.39, 0.29) is 16.0 Å². The molecule has 3 rings (SSSR count). The van der Waals surface area contributed by atoms with Crippen LogP contribution in [-0.4, -0.2) is 49.3 Å². The number of hydrogen-bond acceptors (Lipinski definition) is 6. The Balaban J connectivity index is 1.89. The molecule has 1 aromatic carbocycles. The average molecular weight is 406 g/mol. The Morgan fingerprint density at radius 1 is 1.29 bits per heavy atom. The number of nitro groups is 1. The average Bonchev–Trinajstić information content (AvgIpc) is 2.66. The fraction of sp³-hybridized carbons (Fsp3) is 0.700. The molecule has 154 valence electrons. The number of nitro benzene ring substituents is 1. The third-order valence-electron chi connectivity index (χ3n) is 5.22. The van der Waals surface area contributed by atoms with E-state index < -0.39 is 7.12 Å². The molecule has 0 atom stereocenters. The Hall–Kier alpha value is -1.25. The van der Waals surface area contributed by atoms with Crippen molar-refractivity contribution in [3.8, 4) is 0 Å². The minimum absolute atomic E-state index is 0.0323. The molecule has 0 radical (unpaired) electrons. The van der Waals surface area contributed by atoms with E-state index in [1.54, 1.807) is 6.07 Å². The van der Waals surface area contributed by atoms with Crippen molar-refractivity contribution >= 4 is 35.7 Å². The second-order valence-electron chi connectivity index (χ2n) is 9.01. The topological polar surface area (TPSA) is 64.8 Å². The predicted molar refractivity (Wildman–Crippen MR) is 117 cm³/mol. The number of anilines is 1. The summed E-state index contributed by atoms with van der Waals surface area (Å²) in [4.78, 5) is 13.9. The monoisotopic (exact) mass is 406 g/mol. The largest absolute Gasteiger partial charge is 0.494 e. The lowest BCUT2D eigenvalue weighted by Gasteiger charge is -2.37. The molecule has 6 nitrogen and oxygen atoms in total. The van der Waals surface area contributed by atoms with Crippen molar-refractivity contribution in [3.63, 3.8) is 0 Å². The fourth-order valence-electron chi connectivity index (χ4n) is 3.80. The molecule has 1 aromatic rings. The van der Waals surface area contributed by atoms with Gasteiger partial charge in [-0.05, 0) is 41.8 Å². The van der Waals surface area contributed by atoms with Gasteiger partial charge in [0.05, 0.1) is 4.92 Å². The standard InChI is InChI=1S/C20H31BN2O4S/c1-15(2)12-22(17-7-9-28-10-8-17)18-6-5-16(11-19(18)23(24)25)21-26-13-20(3,4)14-27-21/h5-6,11,15,17H,7-10,12-14H2,1-4H3. The van der Waals surface area contributed by atoms with Crippen molar-refractivity contribution < 1.29 is 14.2 Å². The van der Waals surface area contributed by atoms with Gasteiger partial charge in [-0.1, -0.05) is 33.8 Å². The lowest BCUT2D eigenvalue weighted by atomic mass is 9.75. The molecular weight excluding hydrogens is 375 g/mol. The molecule has 28 heavy (non-hydrogen) atoms. The molecule has 0 aliphatic carbocycles. The smallest absolute Gasteiger partial charge is 0.407 e. The maximum atomic E-state index is 11.9. The third kappa shape index (κ3) is 5.22. The summed E-state index contributed by atoms with van der Waals surface area (Å²) in [6, 6.07) is 5.82. The summed E-state index contributed by atoms with van der Waals surface area (Å²) < 4.78 is 11.7. The minimum Gasteiger partial charge on any atom is -0.407 e. The van der Waals surface area contributed by atoms with Gasteiger partial charge in [0.25, 0.3) is 5.69 Å². The molecule has 2 heterocycles. The zero-order chi connectivity index (χ0) is 20.3. The van der Waals surface area contributed by atoms with Gasteiger partial charge >= 0.3 is 7.12 Å². The van der Waals surface area contributed by atoms with Crippen molar-refractivity contribution in [2.75, 3.05) is 36.2 Å². The van der Waals surface area contributed by atoms with Crippen LogP contribution in [0.5, 0.6) is 0 Å². The van der Waals surface area contributed by atoms with Gasteiger partial charge in [0.2, 0.25) is 0 Å². The summed E-state index contributed by atoms with van der Waals surface area (Å²) in [5.74, 6) is 2.66. The van der Waals surface area contributed by atoms with Crippen molar-refractivity contribution in [1.82, 2.24) is 0 Å². The van der Waals surface area contributed by atoms with Crippen LogP contribution in [0.3, 0.4) is 0 Å². The molecule has 8 heteroatoms. The molecule has 0 spiro atoms. The Labute approximate surface area is 172 Å². The number of rotatable bonds is 6. The molecule has 0 amide bonds. The van der Waals surface area contributed by atoms with Gasteiger partial charge in [-0.25, -0.2) is 0 Å². The maximum Gasteiger partial charge on any atom is 0.494 e. The number of benzene rings is 1. The summed E-state index contributed by atoms with van der Waals surface area (Å²) in [7, 11) is -0.537. The van der Waals surface area contributed by atoms with Crippen LogP contribution in [0.15, 0.2) is 18.2 Å². The van der Waals surface area contributed by atoms with Crippen LogP contribution in [0, 0.1) is 21.4 Å². The van der Waals surface area contributed by atoms with E-state index >= 15 is 0 Å². The maximum absolute atomic E-state index is 11.9. The minimum atomic E-state index is -0.537. The number of nitrogens with zero attached hydrogens (tertiary/aromatic N) is 2. The molecule has 2 saturated heterocycles.